The number of esters is 2. The van der Waals surface area contributed by atoms with Crippen LogP contribution in [-0.4, -0.2) is 79.1 Å². The third-order valence-electron chi connectivity index (χ3n) is 9.19. The van der Waals surface area contributed by atoms with Gasteiger partial charge in [-0.05, 0) is 109 Å². The monoisotopic (exact) mass is 658 g/mol. The summed E-state index contributed by atoms with van der Waals surface area (Å²) in [6.45, 7) is 7.65. The summed E-state index contributed by atoms with van der Waals surface area (Å²) in [6.07, 6.45) is -2.18. The Kier molecular flexibility index (Phi) is 10.3. The molecule has 6 N–H and O–H groups in total. The molecular formula is C36H42N4O8. The average molecular weight is 659 g/mol. The zero-order valence-corrected chi connectivity index (χ0v) is 28.0. The summed E-state index contributed by atoms with van der Waals surface area (Å²) in [5, 5.41) is 39.9. The number of H-pyrrole nitrogens is 2. The minimum absolute atomic E-state index is 0.0505. The van der Waals surface area contributed by atoms with E-state index >= 15 is 0 Å². The zero-order chi connectivity index (χ0) is 34.9. The van der Waals surface area contributed by atoms with Gasteiger partial charge in [0.25, 0.3) is 0 Å². The molecule has 0 radical (unpaired) electrons. The number of aliphatic hydroxyl groups is 4. The fourth-order valence-corrected chi connectivity index (χ4v) is 6.40. The third kappa shape index (κ3) is 7.12. The zero-order valence-electron chi connectivity index (χ0n) is 28.0. The smallest absolute Gasteiger partial charge is 0.305 e. The van der Waals surface area contributed by atoms with E-state index in [0.717, 1.165) is 55.5 Å². The molecule has 0 spiro atoms. The number of carbonyl (C=O) groups is 2. The number of nitrogens with one attached hydrogen (secondary N) is 2. The first-order valence-electron chi connectivity index (χ1n) is 15.8. The maximum atomic E-state index is 12.2. The Balaban J connectivity index is 1.91. The van der Waals surface area contributed by atoms with Crippen LogP contribution in [0.4, 0.5) is 0 Å². The molecule has 0 fully saturated rings. The standard InChI is InChI=1S/C36H42N4O8/c1-17-21(7-9-35(45)47-5)29-16-30-22(8-10-36(46)48-6)18(2)27(38-30)14-31-24(12-34(43)44)20(4)28(40-31)15-32-23(11-33(41)42)19(3)26(39-32)13-25(17)37-29/h13-16,33-34,37-38,41-44H,7-12H2,1-6H3. The molecule has 0 saturated heterocycles. The van der Waals surface area contributed by atoms with Crippen LogP contribution in [-0.2, 0) is 31.9 Å². The number of fused-ring (bicyclic) bond motifs is 8. The molecule has 2 aliphatic rings. The van der Waals surface area contributed by atoms with Crippen LogP contribution >= 0.6 is 0 Å². The number of aliphatic hydroxyl groups excluding tert-OH is 2. The van der Waals surface area contributed by atoms with Gasteiger partial charge in [0.15, 0.2) is 12.6 Å². The molecule has 12 nitrogen and oxygen atoms in total. The second kappa shape index (κ2) is 14.2. The van der Waals surface area contributed by atoms with Crippen molar-refractivity contribution in [2.24, 2.45) is 0 Å². The highest BCUT2D eigenvalue weighted by molar-refractivity contribution is 5.95. The number of rotatable bonds is 10. The molecule has 8 bridgehead atoms. The second-order valence-corrected chi connectivity index (χ2v) is 12.2. The van der Waals surface area contributed by atoms with Gasteiger partial charge in [0.1, 0.15) is 0 Å². The summed E-state index contributed by atoms with van der Waals surface area (Å²) in [6, 6.07) is 7.51. The molecule has 2 aliphatic heterocycles. The van der Waals surface area contributed by atoms with E-state index in [2.05, 4.69) is 9.97 Å². The number of aryl methyl sites for hydroxylation is 4. The molecule has 0 saturated carbocycles. The number of nitrogens with zero attached hydrogens (tertiary/aromatic N) is 2. The fraction of sp³-hybridized carbons (Fsp3) is 0.389. The molecule has 5 heterocycles. The molecule has 0 unspecified atom stereocenters. The lowest BCUT2D eigenvalue weighted by Crippen LogP contribution is -2.05. The lowest BCUT2D eigenvalue weighted by Gasteiger charge is -2.07. The van der Waals surface area contributed by atoms with E-state index in [1.54, 1.807) is 6.07 Å². The van der Waals surface area contributed by atoms with Gasteiger partial charge < -0.3 is 39.9 Å². The van der Waals surface area contributed by atoms with Crippen LogP contribution in [0, 0.1) is 13.8 Å². The number of aromatic amines is 2. The van der Waals surface area contributed by atoms with Crippen molar-refractivity contribution in [1.29, 1.82) is 0 Å². The van der Waals surface area contributed by atoms with Crippen molar-refractivity contribution >= 4 is 56.3 Å². The topological polar surface area (TPSA) is 191 Å². The van der Waals surface area contributed by atoms with Gasteiger partial charge in [-0.1, -0.05) is 0 Å². The molecule has 12 heteroatoms. The van der Waals surface area contributed by atoms with Crippen LogP contribution in [0.3, 0.4) is 0 Å². The molecule has 5 rings (SSSR count). The summed E-state index contributed by atoms with van der Waals surface area (Å²) in [5.74, 6) is -0.673. The predicted octanol–water partition coefficient (Wildman–Crippen LogP) is 4.41. The number of methoxy groups -OCH3 is 2. The van der Waals surface area contributed by atoms with Gasteiger partial charge in [-0.25, -0.2) is 9.97 Å². The van der Waals surface area contributed by atoms with Gasteiger partial charge in [-0.2, -0.15) is 0 Å². The maximum Gasteiger partial charge on any atom is 0.305 e. The molecule has 0 amide bonds. The SMILES string of the molecule is COC(=O)CCc1c(C)c2cc3nc(cc4nc(cc5[nH]c(cc1[nH]2)c(CCC(=O)OC)c5C)C(CC(O)O)=C4C)C(CC(O)O)=C3C. The summed E-state index contributed by atoms with van der Waals surface area (Å²) >= 11 is 0. The average Bonchev–Trinajstić information content (AvgIpc) is 3.69. The van der Waals surface area contributed by atoms with Gasteiger partial charge in [0.05, 0.1) is 37.0 Å². The van der Waals surface area contributed by atoms with E-state index < -0.39 is 12.6 Å². The minimum Gasteiger partial charge on any atom is -0.469 e. The van der Waals surface area contributed by atoms with Gasteiger partial charge in [-0.3, -0.25) is 9.59 Å². The lowest BCUT2D eigenvalue weighted by molar-refractivity contribution is -0.141. The number of allylic oxidation sites excluding steroid dienone is 2. The Labute approximate surface area is 277 Å². The predicted molar refractivity (Wildman–Crippen MR) is 182 cm³/mol. The molecule has 3 aromatic rings. The fourth-order valence-electron chi connectivity index (χ4n) is 6.40. The van der Waals surface area contributed by atoms with E-state index in [1.165, 1.54) is 14.2 Å². The molecule has 254 valence electrons. The lowest BCUT2D eigenvalue weighted by atomic mass is 10.00. The van der Waals surface area contributed by atoms with E-state index in [0.29, 0.717) is 46.8 Å². The minimum atomic E-state index is -1.61. The van der Waals surface area contributed by atoms with Gasteiger partial charge in [0.2, 0.25) is 0 Å². The highest BCUT2D eigenvalue weighted by atomic mass is 16.5. The molecule has 0 aromatic carbocycles. The van der Waals surface area contributed by atoms with Crippen molar-refractivity contribution in [2.75, 3.05) is 14.2 Å². The van der Waals surface area contributed by atoms with E-state index in [-0.39, 0.29) is 37.6 Å². The number of hydrogen-bond acceptors (Lipinski definition) is 10. The summed E-state index contributed by atoms with van der Waals surface area (Å²) in [7, 11) is 2.71. The van der Waals surface area contributed by atoms with E-state index in [1.807, 2.05) is 45.9 Å². The highest BCUT2D eigenvalue weighted by Crippen LogP contribution is 2.38. The van der Waals surface area contributed by atoms with Crippen LogP contribution in [0.1, 0.15) is 84.6 Å². The van der Waals surface area contributed by atoms with E-state index in [9.17, 15) is 30.0 Å². The molecule has 3 aromatic heterocycles. The number of carbonyl (C=O) groups excluding carboxylic acids is 2. The molecule has 48 heavy (non-hydrogen) atoms. The van der Waals surface area contributed by atoms with Crippen molar-refractivity contribution in [1.82, 2.24) is 19.9 Å². The first-order valence-corrected chi connectivity index (χ1v) is 15.8. The van der Waals surface area contributed by atoms with Crippen molar-refractivity contribution in [2.45, 2.75) is 78.8 Å². The highest BCUT2D eigenvalue weighted by Gasteiger charge is 2.24. The molecular weight excluding hydrogens is 616 g/mol. The Morgan fingerprint density at radius 1 is 0.625 bits per heavy atom. The van der Waals surface area contributed by atoms with Crippen LogP contribution in [0.5, 0.6) is 0 Å². The van der Waals surface area contributed by atoms with Crippen molar-refractivity contribution in [3.05, 3.63) is 69.3 Å². The molecule has 0 aliphatic carbocycles. The van der Waals surface area contributed by atoms with Crippen LogP contribution < -0.4 is 0 Å². The van der Waals surface area contributed by atoms with Gasteiger partial charge >= 0.3 is 11.9 Å². The summed E-state index contributed by atoms with van der Waals surface area (Å²) in [5.41, 5.74) is 11.7. The number of hydrogen-bond donors (Lipinski definition) is 6. The van der Waals surface area contributed by atoms with Gasteiger partial charge in [-0.15, -0.1) is 0 Å². The second-order valence-electron chi connectivity index (χ2n) is 12.2. The largest absolute Gasteiger partial charge is 0.469 e. The van der Waals surface area contributed by atoms with Crippen molar-refractivity contribution < 1.29 is 39.5 Å². The summed E-state index contributed by atoms with van der Waals surface area (Å²) in [4.78, 5) is 41.2. The third-order valence-corrected chi connectivity index (χ3v) is 9.19. The quantitative estimate of drug-likeness (QED) is 0.134. The first kappa shape index (κ1) is 34.7. The number of aromatic nitrogens is 4. The van der Waals surface area contributed by atoms with Crippen LogP contribution in [0.2, 0.25) is 0 Å². The maximum absolute atomic E-state index is 12.2. The number of ether oxygens (including phenoxy) is 2. The Morgan fingerprint density at radius 2 is 1.02 bits per heavy atom. The molecule has 0 atom stereocenters. The van der Waals surface area contributed by atoms with E-state index in [4.69, 9.17) is 19.4 Å². The van der Waals surface area contributed by atoms with Gasteiger partial charge in [0, 0.05) is 47.8 Å². The van der Waals surface area contributed by atoms with Crippen molar-refractivity contribution in [3.63, 3.8) is 0 Å². The Bertz CT molecular complexity index is 2000. The Hall–Kier alpha value is -4.62. The van der Waals surface area contributed by atoms with Crippen LogP contribution in [0.25, 0.3) is 44.4 Å². The summed E-state index contributed by atoms with van der Waals surface area (Å²) < 4.78 is 9.85. The van der Waals surface area contributed by atoms with Crippen LogP contribution in [0.15, 0.2) is 24.3 Å². The normalized spacial score (nSPS) is 13.2. The Morgan fingerprint density at radius 3 is 1.44 bits per heavy atom. The van der Waals surface area contributed by atoms with Crippen molar-refractivity contribution in [3.8, 4) is 0 Å². The first-order chi connectivity index (χ1) is 22.8.